The standard InChI is InChI=1S/C9H6N2O3S/c12-9-8(5-11(13)14)15-7-4-2-1-3-6(7)10-9/h1-5H,(H,10,12)/b8-5-. The lowest BCUT2D eigenvalue weighted by molar-refractivity contribution is -0.402. The highest BCUT2D eigenvalue weighted by Crippen LogP contribution is 2.37. The van der Waals surface area contributed by atoms with Crippen LogP contribution in [0.1, 0.15) is 0 Å². The number of rotatable bonds is 1. The van der Waals surface area contributed by atoms with Crippen LogP contribution in [0, 0.1) is 10.1 Å². The van der Waals surface area contributed by atoms with Gasteiger partial charge in [0.25, 0.3) is 12.1 Å². The van der Waals surface area contributed by atoms with E-state index in [4.69, 9.17) is 0 Å². The van der Waals surface area contributed by atoms with Gasteiger partial charge in [0.2, 0.25) is 0 Å². The molecule has 1 heterocycles. The maximum atomic E-state index is 11.4. The third-order valence-corrected chi connectivity index (χ3v) is 2.89. The number of fused-ring (bicyclic) bond motifs is 1. The van der Waals surface area contributed by atoms with E-state index < -0.39 is 10.8 Å². The Bertz CT molecular complexity index is 470. The molecule has 0 fully saturated rings. The van der Waals surface area contributed by atoms with Crippen LogP contribution >= 0.6 is 11.8 Å². The van der Waals surface area contributed by atoms with E-state index in [-0.39, 0.29) is 4.91 Å². The normalized spacial score (nSPS) is 17.1. The summed E-state index contributed by atoms with van der Waals surface area (Å²) in [5, 5.41) is 12.8. The summed E-state index contributed by atoms with van der Waals surface area (Å²) in [5.74, 6) is -0.435. The minimum Gasteiger partial charge on any atom is -0.320 e. The van der Waals surface area contributed by atoms with Gasteiger partial charge in [0.1, 0.15) is 4.91 Å². The van der Waals surface area contributed by atoms with Crippen molar-refractivity contribution in [3.63, 3.8) is 0 Å². The minimum atomic E-state index is -0.629. The fourth-order valence-electron chi connectivity index (χ4n) is 1.19. The number of hydrogen-bond acceptors (Lipinski definition) is 4. The maximum Gasteiger partial charge on any atom is 0.268 e. The number of para-hydroxylation sites is 1. The van der Waals surface area contributed by atoms with Gasteiger partial charge in [0, 0.05) is 4.90 Å². The number of hydrogen-bond donors (Lipinski definition) is 1. The minimum absolute atomic E-state index is 0.0960. The average Bonchev–Trinajstić information content (AvgIpc) is 2.18. The molecule has 1 aromatic carbocycles. The molecule has 6 heteroatoms. The van der Waals surface area contributed by atoms with Crippen LogP contribution < -0.4 is 5.32 Å². The summed E-state index contributed by atoms with van der Waals surface area (Å²) in [6.07, 6.45) is 0.718. The van der Waals surface area contributed by atoms with E-state index in [9.17, 15) is 14.9 Å². The van der Waals surface area contributed by atoms with Gasteiger partial charge in [0.15, 0.2) is 0 Å². The van der Waals surface area contributed by atoms with Gasteiger partial charge in [-0.3, -0.25) is 14.9 Å². The van der Waals surface area contributed by atoms with Crippen molar-refractivity contribution in [2.45, 2.75) is 4.90 Å². The summed E-state index contributed by atoms with van der Waals surface area (Å²) in [7, 11) is 0. The third-order valence-electron chi connectivity index (χ3n) is 1.80. The highest BCUT2D eigenvalue weighted by Gasteiger charge is 2.23. The van der Waals surface area contributed by atoms with E-state index >= 15 is 0 Å². The highest BCUT2D eigenvalue weighted by molar-refractivity contribution is 8.04. The molecular weight excluding hydrogens is 216 g/mol. The smallest absolute Gasteiger partial charge is 0.268 e. The van der Waals surface area contributed by atoms with Gasteiger partial charge in [-0.15, -0.1) is 0 Å². The molecular formula is C9H6N2O3S. The second-order valence-corrected chi connectivity index (χ2v) is 3.91. The number of benzene rings is 1. The van der Waals surface area contributed by atoms with Gasteiger partial charge < -0.3 is 5.32 Å². The number of nitro groups is 1. The largest absolute Gasteiger partial charge is 0.320 e. The summed E-state index contributed by atoms with van der Waals surface area (Å²) >= 11 is 1.10. The molecule has 1 N–H and O–H groups in total. The predicted molar refractivity (Wildman–Crippen MR) is 56.0 cm³/mol. The van der Waals surface area contributed by atoms with Crippen LogP contribution in [0.25, 0.3) is 0 Å². The van der Waals surface area contributed by atoms with Crippen molar-refractivity contribution in [1.29, 1.82) is 0 Å². The van der Waals surface area contributed by atoms with E-state index in [0.29, 0.717) is 5.69 Å². The number of carbonyl (C=O) groups excluding carboxylic acids is 1. The number of nitrogens with zero attached hydrogens (tertiary/aromatic N) is 1. The fourth-order valence-corrected chi connectivity index (χ4v) is 2.08. The summed E-state index contributed by atoms with van der Waals surface area (Å²) in [5.41, 5.74) is 0.688. The molecule has 2 rings (SSSR count). The number of carbonyl (C=O) groups is 1. The first-order valence-corrected chi connectivity index (χ1v) is 4.92. The Morgan fingerprint density at radius 3 is 2.87 bits per heavy atom. The van der Waals surface area contributed by atoms with Crippen LogP contribution in [-0.4, -0.2) is 10.8 Å². The number of thioether (sulfide) groups is 1. The molecule has 15 heavy (non-hydrogen) atoms. The van der Waals surface area contributed by atoms with Crippen LogP contribution in [0.2, 0.25) is 0 Å². The maximum absolute atomic E-state index is 11.4. The Hall–Kier alpha value is -1.82. The van der Waals surface area contributed by atoms with Crippen molar-refractivity contribution < 1.29 is 9.72 Å². The van der Waals surface area contributed by atoms with Crippen molar-refractivity contribution in [1.82, 2.24) is 0 Å². The molecule has 76 valence electrons. The van der Waals surface area contributed by atoms with Crippen molar-refractivity contribution in [2.24, 2.45) is 0 Å². The second-order valence-electron chi connectivity index (χ2n) is 2.83. The fraction of sp³-hybridized carbons (Fsp3) is 0. The molecule has 1 amide bonds. The van der Waals surface area contributed by atoms with Gasteiger partial charge in [-0.1, -0.05) is 23.9 Å². The van der Waals surface area contributed by atoms with Crippen LogP contribution in [0.5, 0.6) is 0 Å². The molecule has 0 aromatic heterocycles. The van der Waals surface area contributed by atoms with Crippen molar-refractivity contribution >= 4 is 23.4 Å². The van der Waals surface area contributed by atoms with Crippen molar-refractivity contribution in [3.8, 4) is 0 Å². The van der Waals surface area contributed by atoms with E-state index in [1.54, 1.807) is 18.2 Å². The second kappa shape index (κ2) is 3.74. The first-order valence-electron chi connectivity index (χ1n) is 4.10. The highest BCUT2D eigenvalue weighted by atomic mass is 32.2. The lowest BCUT2D eigenvalue weighted by Gasteiger charge is -2.16. The molecule has 0 unspecified atom stereocenters. The first kappa shape index (κ1) is 9.72. The lowest BCUT2D eigenvalue weighted by atomic mass is 10.3. The van der Waals surface area contributed by atoms with Gasteiger partial charge in [0.05, 0.1) is 10.6 Å². The van der Waals surface area contributed by atoms with Crippen LogP contribution in [0.3, 0.4) is 0 Å². The zero-order valence-electron chi connectivity index (χ0n) is 7.47. The van der Waals surface area contributed by atoms with Gasteiger partial charge in [-0.2, -0.15) is 0 Å². The zero-order valence-corrected chi connectivity index (χ0v) is 8.28. The van der Waals surface area contributed by atoms with Gasteiger partial charge in [-0.25, -0.2) is 0 Å². The topological polar surface area (TPSA) is 72.2 Å². The van der Waals surface area contributed by atoms with Gasteiger partial charge in [-0.05, 0) is 12.1 Å². The quantitative estimate of drug-likeness (QED) is 0.447. The molecule has 1 aliphatic heterocycles. The molecule has 0 radical (unpaired) electrons. The Morgan fingerprint density at radius 1 is 1.40 bits per heavy atom. The van der Waals surface area contributed by atoms with Gasteiger partial charge >= 0.3 is 0 Å². The lowest BCUT2D eigenvalue weighted by Crippen LogP contribution is -2.17. The van der Waals surface area contributed by atoms with E-state index in [1.807, 2.05) is 6.07 Å². The predicted octanol–water partition coefficient (Wildman–Crippen LogP) is 1.85. The average molecular weight is 222 g/mol. The molecule has 0 bridgehead atoms. The Kier molecular flexibility index (Phi) is 2.42. The monoisotopic (exact) mass is 222 g/mol. The zero-order chi connectivity index (χ0) is 10.8. The van der Waals surface area contributed by atoms with E-state index in [1.165, 1.54) is 0 Å². The number of amides is 1. The molecule has 0 spiro atoms. The van der Waals surface area contributed by atoms with E-state index in [0.717, 1.165) is 22.9 Å². The molecule has 0 aliphatic carbocycles. The molecule has 1 aromatic rings. The Labute approximate surface area is 89.3 Å². The van der Waals surface area contributed by atoms with E-state index in [2.05, 4.69) is 5.32 Å². The third kappa shape index (κ3) is 1.99. The molecule has 0 atom stereocenters. The van der Waals surface area contributed by atoms with Crippen LogP contribution in [0.4, 0.5) is 5.69 Å². The van der Waals surface area contributed by atoms with Crippen molar-refractivity contribution in [3.05, 3.63) is 45.5 Å². The summed E-state index contributed by atoms with van der Waals surface area (Å²) in [6.45, 7) is 0. The molecule has 0 saturated heterocycles. The van der Waals surface area contributed by atoms with Crippen molar-refractivity contribution in [2.75, 3.05) is 5.32 Å². The Balaban J connectivity index is 2.38. The number of nitrogens with one attached hydrogen (secondary N) is 1. The van der Waals surface area contributed by atoms with Crippen LogP contribution in [-0.2, 0) is 4.79 Å². The molecule has 5 nitrogen and oxygen atoms in total. The summed E-state index contributed by atoms with van der Waals surface area (Å²) in [6, 6.07) is 7.16. The summed E-state index contributed by atoms with van der Waals surface area (Å²) < 4.78 is 0. The SMILES string of the molecule is O=C1Nc2ccccc2S/C1=C\[N+](=O)[O-]. The molecule has 0 saturated carbocycles. The Morgan fingerprint density at radius 2 is 2.13 bits per heavy atom. The molecule has 1 aliphatic rings. The first-order chi connectivity index (χ1) is 7.16. The summed E-state index contributed by atoms with van der Waals surface area (Å²) in [4.78, 5) is 21.9. The number of anilines is 1. The van der Waals surface area contributed by atoms with Crippen LogP contribution in [0.15, 0.2) is 40.3 Å².